The molecule has 3 aliphatic heterocycles. The molecular formula is C56H72FN5O5. The number of rotatable bonds is 22. The van der Waals surface area contributed by atoms with Crippen molar-refractivity contribution < 1.29 is 28.2 Å². The summed E-state index contributed by atoms with van der Waals surface area (Å²) in [4.78, 5) is 51.0. The highest BCUT2D eigenvalue weighted by Crippen LogP contribution is 2.41. The Bertz CT molecular complexity index is 2290. The number of H-pyrrole nitrogens is 1. The fourth-order valence-corrected chi connectivity index (χ4v) is 8.85. The number of carbonyl (C=O) groups is 3. The summed E-state index contributed by atoms with van der Waals surface area (Å²) in [6.07, 6.45) is 36.7. The van der Waals surface area contributed by atoms with Gasteiger partial charge < -0.3 is 29.6 Å². The zero-order valence-corrected chi connectivity index (χ0v) is 40.0. The van der Waals surface area contributed by atoms with Crippen molar-refractivity contribution in [2.75, 3.05) is 59.1 Å². The summed E-state index contributed by atoms with van der Waals surface area (Å²) in [5.41, 5.74) is 2.18. The monoisotopic (exact) mass is 914 g/mol. The molecule has 2 fully saturated rings. The van der Waals surface area contributed by atoms with Crippen LogP contribution in [0.4, 0.5) is 4.39 Å². The maximum Gasteiger partial charge on any atom is 0.257 e. The van der Waals surface area contributed by atoms with Crippen molar-refractivity contribution in [1.82, 2.24) is 25.0 Å². The molecule has 0 unspecified atom stereocenters. The van der Waals surface area contributed by atoms with Crippen LogP contribution in [0, 0.1) is 5.82 Å². The van der Waals surface area contributed by atoms with E-state index in [2.05, 4.69) is 95.0 Å². The van der Waals surface area contributed by atoms with Crippen LogP contribution in [0.2, 0.25) is 0 Å². The molecule has 1 aromatic heterocycles. The molecule has 0 aliphatic carbocycles. The first-order chi connectivity index (χ1) is 32.6. The molecule has 0 radical (unpaired) electrons. The van der Waals surface area contributed by atoms with Crippen molar-refractivity contribution >= 4 is 34.2 Å². The van der Waals surface area contributed by atoms with Gasteiger partial charge in [-0.05, 0) is 112 Å². The fraction of sp³-hybridized carbons (Fsp3) is 0.446. The molecular weight excluding hydrogens is 842 g/mol. The number of amides is 3. The number of nitrogens with zero attached hydrogens (tertiary/aromatic N) is 3. The molecule has 2 saturated heterocycles. The zero-order chi connectivity index (χ0) is 47.3. The van der Waals surface area contributed by atoms with E-state index in [0.717, 1.165) is 88.7 Å². The number of halogens is 1. The third-order valence-electron chi connectivity index (χ3n) is 12.5. The average Bonchev–Trinajstić information content (AvgIpc) is 3.67. The average molecular weight is 914 g/mol. The second kappa shape index (κ2) is 26.5. The molecule has 6 rings (SSSR count). The van der Waals surface area contributed by atoms with Crippen LogP contribution in [-0.4, -0.2) is 103 Å². The number of allylic oxidation sites excluding steroid dienone is 12. The minimum Gasteiger partial charge on any atom is -0.494 e. The Balaban J connectivity index is 0.976. The predicted molar refractivity (Wildman–Crippen MR) is 269 cm³/mol. The Labute approximate surface area is 398 Å². The number of likely N-dealkylation sites (tertiary alicyclic amines) is 1. The highest BCUT2D eigenvalue weighted by atomic mass is 19.1. The number of nitrogens with one attached hydrogen (secondary N) is 2. The van der Waals surface area contributed by atoms with Crippen LogP contribution in [0.5, 0.6) is 5.75 Å². The number of hydrogen-bond acceptors (Lipinski definition) is 6. The van der Waals surface area contributed by atoms with Crippen LogP contribution in [0.25, 0.3) is 16.5 Å². The van der Waals surface area contributed by atoms with E-state index in [4.69, 9.17) is 9.47 Å². The molecule has 2 aromatic carbocycles. The maximum atomic E-state index is 14.5. The number of aromatic nitrogens is 1. The van der Waals surface area contributed by atoms with Crippen LogP contribution in [-0.2, 0) is 19.7 Å². The normalized spacial score (nSPS) is 17.5. The van der Waals surface area contributed by atoms with Crippen LogP contribution >= 0.6 is 0 Å². The molecule has 0 bridgehead atoms. The van der Waals surface area contributed by atoms with Gasteiger partial charge in [-0.2, -0.15) is 0 Å². The van der Waals surface area contributed by atoms with Gasteiger partial charge in [-0.3, -0.25) is 19.3 Å². The van der Waals surface area contributed by atoms with Gasteiger partial charge in [-0.1, -0.05) is 93.7 Å². The first-order valence-corrected chi connectivity index (χ1v) is 24.5. The lowest BCUT2D eigenvalue weighted by Crippen LogP contribution is -2.46. The van der Waals surface area contributed by atoms with Crippen molar-refractivity contribution in [1.29, 1.82) is 0 Å². The lowest BCUT2D eigenvalue weighted by Gasteiger charge is -2.32. The smallest absolute Gasteiger partial charge is 0.257 e. The van der Waals surface area contributed by atoms with Gasteiger partial charge in [0.05, 0.1) is 31.1 Å². The van der Waals surface area contributed by atoms with Crippen LogP contribution in [0.1, 0.15) is 113 Å². The van der Waals surface area contributed by atoms with Gasteiger partial charge in [0.25, 0.3) is 11.8 Å². The summed E-state index contributed by atoms with van der Waals surface area (Å²) in [5.74, 6) is -0.139. The summed E-state index contributed by atoms with van der Waals surface area (Å²) in [6, 6.07) is 11.6. The third kappa shape index (κ3) is 15.6. The second-order valence-corrected chi connectivity index (χ2v) is 18.2. The Morgan fingerprint density at radius 1 is 0.821 bits per heavy atom. The lowest BCUT2D eigenvalue weighted by molar-refractivity contribution is -0.132. The summed E-state index contributed by atoms with van der Waals surface area (Å²) in [6.45, 7) is 12.6. The van der Waals surface area contributed by atoms with Gasteiger partial charge in [0.2, 0.25) is 5.91 Å². The first-order valence-electron chi connectivity index (χ1n) is 24.5. The highest BCUT2D eigenvalue weighted by molar-refractivity contribution is 6.21. The summed E-state index contributed by atoms with van der Waals surface area (Å²) >= 11 is 0. The van der Waals surface area contributed by atoms with Crippen LogP contribution in [0.15, 0.2) is 122 Å². The second-order valence-electron chi connectivity index (χ2n) is 18.2. The SMILES string of the molecule is CCC=CCC=CCC=CCC=CCC=CCC=CCCC(=O)N1CCC(NC(=O)C2=CN(C(=O)c3ccc(OCCCN4CCOCC4)cc3)CC(C)(C)c3c2[nH]c2cc(F)ccc32)CC1. The quantitative estimate of drug-likeness (QED) is 0.0768. The molecule has 0 atom stereocenters. The number of morpholine rings is 1. The number of benzene rings is 2. The molecule has 0 spiro atoms. The van der Waals surface area contributed by atoms with E-state index in [9.17, 15) is 18.8 Å². The third-order valence-corrected chi connectivity index (χ3v) is 12.5. The molecule has 10 nitrogen and oxygen atoms in total. The van der Waals surface area contributed by atoms with Crippen molar-refractivity contribution in [3.63, 3.8) is 0 Å². The molecule has 4 heterocycles. The van der Waals surface area contributed by atoms with E-state index in [1.807, 2.05) is 30.9 Å². The van der Waals surface area contributed by atoms with E-state index in [1.54, 1.807) is 29.3 Å². The standard InChI is InChI=1S/C56H72FN5O5/c1-4-5-6-7-8-9-10-11-12-13-14-15-16-17-18-19-20-21-22-24-51(63)61-34-31-46(32-35-61)58-54(64)49-42-62(43-56(2,3)52-48-30-27-45(57)41-50(48)59-53(49)52)55(65)44-25-28-47(29-26-44)67-38-23-33-60-36-39-66-40-37-60/h5-6,8-9,11-12,14-15,17-18,20-21,25-30,41-42,46,59H,4,7,10,13,16,19,22-24,31-40,43H2,1-3H3,(H,58,64). The predicted octanol–water partition coefficient (Wildman–Crippen LogP) is 10.8. The minimum absolute atomic E-state index is 0.116. The molecule has 0 saturated carbocycles. The van der Waals surface area contributed by atoms with E-state index in [-0.39, 0.29) is 29.6 Å². The number of aromatic amines is 1. The largest absolute Gasteiger partial charge is 0.494 e. The highest BCUT2D eigenvalue weighted by Gasteiger charge is 2.38. The van der Waals surface area contributed by atoms with Gasteiger partial charge in [-0.25, -0.2) is 4.39 Å². The van der Waals surface area contributed by atoms with E-state index in [1.165, 1.54) is 12.1 Å². The van der Waals surface area contributed by atoms with Gasteiger partial charge in [0.1, 0.15) is 11.6 Å². The molecule has 11 heteroatoms. The zero-order valence-electron chi connectivity index (χ0n) is 40.0. The van der Waals surface area contributed by atoms with Crippen LogP contribution in [0.3, 0.4) is 0 Å². The summed E-state index contributed by atoms with van der Waals surface area (Å²) in [5, 5.41) is 4.03. The van der Waals surface area contributed by atoms with E-state index < -0.39 is 5.41 Å². The summed E-state index contributed by atoms with van der Waals surface area (Å²) in [7, 11) is 0. The topological polar surface area (TPSA) is 107 Å². The first kappa shape index (κ1) is 50.6. The lowest BCUT2D eigenvalue weighted by atomic mass is 9.81. The molecule has 2 N–H and O–H groups in total. The van der Waals surface area contributed by atoms with Crippen molar-refractivity contribution in [3.05, 3.63) is 144 Å². The van der Waals surface area contributed by atoms with E-state index >= 15 is 0 Å². The maximum absolute atomic E-state index is 14.5. The number of fused-ring (bicyclic) bond motifs is 3. The molecule has 67 heavy (non-hydrogen) atoms. The number of carbonyl (C=O) groups excluding carboxylic acids is 3. The van der Waals surface area contributed by atoms with Crippen molar-refractivity contribution in [2.45, 2.75) is 103 Å². The Morgan fingerprint density at radius 2 is 1.43 bits per heavy atom. The van der Waals surface area contributed by atoms with Crippen molar-refractivity contribution in [2.24, 2.45) is 0 Å². The number of hydrogen-bond donors (Lipinski definition) is 2. The van der Waals surface area contributed by atoms with Crippen molar-refractivity contribution in [3.8, 4) is 5.75 Å². The van der Waals surface area contributed by atoms with Crippen LogP contribution < -0.4 is 10.1 Å². The van der Waals surface area contributed by atoms with E-state index in [0.29, 0.717) is 80.0 Å². The Morgan fingerprint density at radius 3 is 2.06 bits per heavy atom. The molecule has 3 aromatic rings. The molecule has 358 valence electrons. The fourth-order valence-electron chi connectivity index (χ4n) is 8.85. The molecule has 3 amide bonds. The Kier molecular flexibility index (Phi) is 20.0. The van der Waals surface area contributed by atoms with Gasteiger partial charge in [0, 0.05) is 79.8 Å². The van der Waals surface area contributed by atoms with Gasteiger partial charge in [-0.15, -0.1) is 0 Å². The number of piperidine rings is 1. The van der Waals surface area contributed by atoms with Gasteiger partial charge >= 0.3 is 0 Å². The summed E-state index contributed by atoms with van der Waals surface area (Å²) < 4.78 is 25.9. The van der Waals surface area contributed by atoms with Gasteiger partial charge in [0.15, 0.2) is 0 Å². The Hall–Kier alpha value is -5.78. The minimum atomic E-state index is -0.611. The number of ether oxygens (including phenoxy) is 2. The molecule has 3 aliphatic rings.